The molecule has 1 aliphatic heterocycles. The lowest BCUT2D eigenvalue weighted by Crippen LogP contribution is -2.38. The molecule has 4 rings (SSSR count). The molecule has 3 nitrogen and oxygen atoms in total. The number of carbonyl (C=O) groups excluding carboxylic acids is 1. The van der Waals surface area contributed by atoms with E-state index in [9.17, 15) is 4.79 Å². The van der Waals surface area contributed by atoms with E-state index in [-0.39, 0.29) is 5.91 Å². The van der Waals surface area contributed by atoms with Crippen LogP contribution in [-0.2, 0) is 10.3 Å². The molecule has 3 aromatic rings. The number of aliphatic imine (C=N–C) groups is 1. The monoisotopic (exact) mass is 312 g/mol. The van der Waals surface area contributed by atoms with Gasteiger partial charge in [-0.1, -0.05) is 91.0 Å². The molecular weight excluding hydrogens is 296 g/mol. The molecule has 0 saturated heterocycles. The van der Waals surface area contributed by atoms with Crippen LogP contribution < -0.4 is 5.32 Å². The first-order valence-corrected chi connectivity index (χ1v) is 7.88. The molecule has 116 valence electrons. The summed E-state index contributed by atoms with van der Waals surface area (Å²) >= 11 is 0. The van der Waals surface area contributed by atoms with Gasteiger partial charge in [-0.25, -0.2) is 4.99 Å². The quantitative estimate of drug-likeness (QED) is 0.790. The Kier molecular flexibility index (Phi) is 3.47. The molecule has 0 aromatic heterocycles. The highest BCUT2D eigenvalue weighted by Gasteiger charge is 2.46. The zero-order valence-corrected chi connectivity index (χ0v) is 13.0. The number of rotatable bonds is 3. The van der Waals surface area contributed by atoms with Crippen LogP contribution in [0.2, 0.25) is 0 Å². The first-order valence-electron chi connectivity index (χ1n) is 7.88. The lowest BCUT2D eigenvalue weighted by molar-refractivity contribution is -0.122. The molecule has 1 aliphatic rings. The van der Waals surface area contributed by atoms with Crippen LogP contribution in [0.25, 0.3) is 0 Å². The Morgan fingerprint density at radius 2 is 1.12 bits per heavy atom. The van der Waals surface area contributed by atoms with E-state index < -0.39 is 5.54 Å². The normalized spacial score (nSPS) is 15.7. The van der Waals surface area contributed by atoms with Gasteiger partial charge in [-0.15, -0.1) is 0 Å². The topological polar surface area (TPSA) is 41.5 Å². The van der Waals surface area contributed by atoms with Gasteiger partial charge in [0.05, 0.1) is 0 Å². The number of nitrogens with zero attached hydrogens (tertiary/aromatic N) is 1. The fourth-order valence-corrected chi connectivity index (χ4v) is 3.09. The summed E-state index contributed by atoms with van der Waals surface area (Å²) in [5, 5.41) is 2.97. The average Bonchev–Trinajstić information content (AvgIpc) is 3.02. The van der Waals surface area contributed by atoms with Crippen molar-refractivity contribution in [2.24, 2.45) is 4.99 Å². The highest BCUT2D eigenvalue weighted by molar-refractivity contribution is 6.16. The Hall–Kier alpha value is -3.20. The van der Waals surface area contributed by atoms with E-state index in [0.717, 1.165) is 16.7 Å². The molecule has 0 atom stereocenters. The number of hydrogen-bond donors (Lipinski definition) is 1. The SMILES string of the molecule is O=C1NC(c2ccccc2)=NC1(c1ccccc1)c1ccccc1. The van der Waals surface area contributed by atoms with Crippen molar-refractivity contribution in [1.82, 2.24) is 5.32 Å². The fraction of sp³-hybridized carbons (Fsp3) is 0.0476. The standard InChI is InChI=1S/C21H16N2O/c24-20-21(17-12-6-2-7-13-17,18-14-8-3-9-15-18)23-19(22-20)16-10-4-1-5-11-16/h1-15H,(H,22,23,24). The molecule has 24 heavy (non-hydrogen) atoms. The second-order valence-electron chi connectivity index (χ2n) is 5.72. The number of benzene rings is 3. The van der Waals surface area contributed by atoms with Gasteiger partial charge >= 0.3 is 0 Å². The second-order valence-corrected chi connectivity index (χ2v) is 5.72. The van der Waals surface area contributed by atoms with Crippen molar-refractivity contribution in [3.05, 3.63) is 108 Å². The lowest BCUT2D eigenvalue weighted by atomic mass is 9.83. The van der Waals surface area contributed by atoms with Crippen molar-refractivity contribution in [3.63, 3.8) is 0 Å². The van der Waals surface area contributed by atoms with Crippen molar-refractivity contribution < 1.29 is 4.79 Å². The van der Waals surface area contributed by atoms with Gasteiger partial charge in [-0.3, -0.25) is 4.79 Å². The van der Waals surface area contributed by atoms with E-state index in [1.165, 1.54) is 0 Å². The fourth-order valence-electron chi connectivity index (χ4n) is 3.09. The van der Waals surface area contributed by atoms with Gasteiger partial charge in [0.25, 0.3) is 5.91 Å². The summed E-state index contributed by atoms with van der Waals surface area (Å²) < 4.78 is 0. The molecule has 3 heteroatoms. The van der Waals surface area contributed by atoms with Crippen LogP contribution in [0.1, 0.15) is 16.7 Å². The molecule has 0 radical (unpaired) electrons. The zero-order valence-electron chi connectivity index (χ0n) is 13.0. The third-order valence-corrected chi connectivity index (χ3v) is 4.27. The Balaban J connectivity index is 1.94. The smallest absolute Gasteiger partial charge is 0.262 e. The van der Waals surface area contributed by atoms with E-state index >= 15 is 0 Å². The summed E-state index contributed by atoms with van der Waals surface area (Å²) in [7, 11) is 0. The molecule has 0 spiro atoms. The second kappa shape index (κ2) is 5.78. The largest absolute Gasteiger partial charge is 0.308 e. The molecule has 0 saturated carbocycles. The molecule has 3 aromatic carbocycles. The Bertz CT molecular complexity index is 847. The van der Waals surface area contributed by atoms with Crippen molar-refractivity contribution in [2.45, 2.75) is 5.54 Å². The summed E-state index contributed by atoms with van der Waals surface area (Å²) in [5.74, 6) is 0.479. The Morgan fingerprint density at radius 3 is 1.62 bits per heavy atom. The van der Waals surface area contributed by atoms with Crippen LogP contribution in [0.3, 0.4) is 0 Å². The summed E-state index contributed by atoms with van der Waals surface area (Å²) in [4.78, 5) is 17.9. The minimum atomic E-state index is -1.05. The molecule has 1 amide bonds. The van der Waals surface area contributed by atoms with E-state index in [1.807, 2.05) is 91.0 Å². The molecule has 0 unspecified atom stereocenters. The molecule has 0 bridgehead atoms. The van der Waals surface area contributed by atoms with Gasteiger partial charge in [-0.2, -0.15) is 0 Å². The van der Waals surface area contributed by atoms with E-state index in [4.69, 9.17) is 4.99 Å². The van der Waals surface area contributed by atoms with E-state index in [2.05, 4.69) is 5.32 Å². The molecule has 1 heterocycles. The van der Waals surface area contributed by atoms with Gasteiger partial charge in [0.15, 0.2) is 5.54 Å². The van der Waals surface area contributed by atoms with Crippen LogP contribution in [-0.4, -0.2) is 11.7 Å². The van der Waals surface area contributed by atoms with Crippen LogP contribution >= 0.6 is 0 Å². The van der Waals surface area contributed by atoms with Crippen LogP contribution in [0, 0.1) is 0 Å². The predicted molar refractivity (Wildman–Crippen MR) is 94.8 cm³/mol. The summed E-state index contributed by atoms with van der Waals surface area (Å²) in [6.07, 6.45) is 0. The first kappa shape index (κ1) is 14.4. The molecule has 0 aliphatic carbocycles. The minimum Gasteiger partial charge on any atom is -0.308 e. The predicted octanol–water partition coefficient (Wildman–Crippen LogP) is 3.51. The number of amides is 1. The highest BCUT2D eigenvalue weighted by atomic mass is 16.2. The number of hydrogen-bond acceptors (Lipinski definition) is 2. The first-order chi connectivity index (χ1) is 11.8. The van der Waals surface area contributed by atoms with Gasteiger partial charge in [0.1, 0.15) is 5.84 Å². The van der Waals surface area contributed by atoms with Crippen LogP contribution in [0.15, 0.2) is 96.0 Å². The Morgan fingerprint density at radius 1 is 0.667 bits per heavy atom. The maximum Gasteiger partial charge on any atom is 0.262 e. The third-order valence-electron chi connectivity index (χ3n) is 4.27. The number of carbonyl (C=O) groups is 1. The van der Waals surface area contributed by atoms with Gasteiger partial charge < -0.3 is 5.32 Å². The molecular formula is C21H16N2O. The summed E-state index contributed by atoms with van der Waals surface area (Å²) in [5.41, 5.74) is 1.58. The summed E-state index contributed by atoms with van der Waals surface area (Å²) in [6, 6.07) is 29.1. The van der Waals surface area contributed by atoms with Gasteiger partial charge in [-0.05, 0) is 11.1 Å². The van der Waals surface area contributed by atoms with Gasteiger partial charge in [0.2, 0.25) is 0 Å². The average molecular weight is 312 g/mol. The summed E-state index contributed by atoms with van der Waals surface area (Å²) in [6.45, 7) is 0. The van der Waals surface area contributed by atoms with E-state index in [1.54, 1.807) is 0 Å². The zero-order chi connectivity index (χ0) is 16.4. The van der Waals surface area contributed by atoms with Crippen molar-refractivity contribution >= 4 is 11.7 Å². The van der Waals surface area contributed by atoms with Crippen molar-refractivity contribution in [2.75, 3.05) is 0 Å². The maximum atomic E-state index is 13.1. The number of nitrogens with one attached hydrogen (secondary N) is 1. The maximum absolute atomic E-state index is 13.1. The van der Waals surface area contributed by atoms with Crippen molar-refractivity contribution in [1.29, 1.82) is 0 Å². The minimum absolute atomic E-state index is 0.126. The van der Waals surface area contributed by atoms with E-state index in [0.29, 0.717) is 5.84 Å². The van der Waals surface area contributed by atoms with Gasteiger partial charge in [0, 0.05) is 5.56 Å². The Labute approximate surface area is 140 Å². The third kappa shape index (κ3) is 2.22. The number of amidine groups is 1. The van der Waals surface area contributed by atoms with Crippen LogP contribution in [0.5, 0.6) is 0 Å². The lowest BCUT2D eigenvalue weighted by Gasteiger charge is -2.24. The van der Waals surface area contributed by atoms with Crippen LogP contribution in [0.4, 0.5) is 0 Å². The highest BCUT2D eigenvalue weighted by Crippen LogP contribution is 2.37. The molecule has 0 fully saturated rings. The molecule has 1 N–H and O–H groups in total. The van der Waals surface area contributed by atoms with Crippen molar-refractivity contribution in [3.8, 4) is 0 Å².